The highest BCUT2D eigenvalue weighted by Crippen LogP contribution is 2.32. The quantitative estimate of drug-likeness (QED) is 0.491. The molecule has 3 aromatic rings. The van der Waals surface area contributed by atoms with Crippen LogP contribution >= 0.6 is 11.8 Å². The number of halogens is 1. The lowest BCUT2D eigenvalue weighted by molar-refractivity contribution is -0.117. The van der Waals surface area contributed by atoms with Gasteiger partial charge >= 0.3 is 0 Å². The lowest BCUT2D eigenvalue weighted by Crippen LogP contribution is -2.40. The number of nitrogens with two attached hydrogens (primary N) is 1. The number of amides is 2. The molecule has 0 radical (unpaired) electrons. The number of anilines is 2. The number of para-hydroxylation sites is 2. The number of nitrogen functional groups attached to an aromatic ring is 1. The van der Waals surface area contributed by atoms with Gasteiger partial charge in [-0.1, -0.05) is 36.0 Å². The molecular weight excluding hydrogens is 407 g/mol. The molecule has 0 saturated heterocycles. The predicted molar refractivity (Wildman–Crippen MR) is 113 cm³/mol. The average Bonchev–Trinajstić information content (AvgIpc) is 3.01. The van der Waals surface area contributed by atoms with Gasteiger partial charge in [0.05, 0.1) is 22.7 Å². The van der Waals surface area contributed by atoms with Crippen molar-refractivity contribution in [1.82, 2.24) is 14.9 Å². The van der Waals surface area contributed by atoms with Gasteiger partial charge in [-0.25, -0.2) is 9.07 Å². The summed E-state index contributed by atoms with van der Waals surface area (Å²) in [6, 6.07) is 13.0. The molecule has 3 N–H and O–H groups in total. The lowest BCUT2D eigenvalue weighted by atomic mass is 10.2. The van der Waals surface area contributed by atoms with Crippen LogP contribution < -0.4 is 16.1 Å². The topological polar surface area (TPSA) is 106 Å². The first-order chi connectivity index (χ1) is 14.5. The Kier molecular flexibility index (Phi) is 5.40. The van der Waals surface area contributed by atoms with Gasteiger partial charge in [0.25, 0.3) is 0 Å². The van der Waals surface area contributed by atoms with Gasteiger partial charge < -0.3 is 16.1 Å². The molecule has 10 heteroatoms. The van der Waals surface area contributed by atoms with Gasteiger partial charge in [0.15, 0.2) is 5.82 Å². The molecular formula is C20H19FN6O2S. The van der Waals surface area contributed by atoms with Crippen LogP contribution in [0.3, 0.4) is 0 Å². The monoisotopic (exact) mass is 426 g/mol. The highest BCUT2D eigenvalue weighted by atomic mass is 32.2. The van der Waals surface area contributed by atoms with E-state index in [0.29, 0.717) is 11.4 Å². The summed E-state index contributed by atoms with van der Waals surface area (Å²) in [6.45, 7) is 1.83. The number of rotatable bonds is 4. The third kappa shape index (κ3) is 3.73. The van der Waals surface area contributed by atoms with E-state index in [-0.39, 0.29) is 46.6 Å². The van der Waals surface area contributed by atoms with Gasteiger partial charge in [-0.15, -0.1) is 10.2 Å². The summed E-state index contributed by atoms with van der Waals surface area (Å²) in [4.78, 5) is 26.8. The van der Waals surface area contributed by atoms with Gasteiger partial charge in [-0.05, 0) is 31.2 Å². The van der Waals surface area contributed by atoms with E-state index in [1.165, 1.54) is 10.7 Å². The third-order valence-corrected chi connectivity index (χ3v) is 5.66. The minimum Gasteiger partial charge on any atom is -0.335 e. The summed E-state index contributed by atoms with van der Waals surface area (Å²) in [5.41, 5.74) is 1.46. The lowest BCUT2D eigenvalue weighted by Gasteiger charge is -2.27. The van der Waals surface area contributed by atoms with Crippen LogP contribution in [0.2, 0.25) is 0 Å². The molecule has 2 aromatic carbocycles. The van der Waals surface area contributed by atoms with Gasteiger partial charge in [0, 0.05) is 12.5 Å². The molecule has 154 valence electrons. The van der Waals surface area contributed by atoms with Crippen molar-refractivity contribution in [2.24, 2.45) is 0 Å². The number of thioether (sulfide) groups is 1. The molecule has 1 aliphatic heterocycles. The second-order valence-electron chi connectivity index (χ2n) is 6.83. The number of carbonyl (C=O) groups is 2. The number of carbonyl (C=O) groups excluding carboxylic acids is 2. The van der Waals surface area contributed by atoms with E-state index in [2.05, 4.69) is 15.5 Å². The molecule has 0 spiro atoms. The average molecular weight is 426 g/mol. The molecule has 1 aromatic heterocycles. The molecule has 2 heterocycles. The summed E-state index contributed by atoms with van der Waals surface area (Å²) in [5, 5.41) is 11.1. The zero-order valence-corrected chi connectivity index (χ0v) is 16.9. The van der Waals surface area contributed by atoms with Gasteiger partial charge in [-0.2, -0.15) is 0 Å². The van der Waals surface area contributed by atoms with Crippen LogP contribution in [0.1, 0.15) is 13.3 Å². The first-order valence-electron chi connectivity index (χ1n) is 9.25. The molecule has 0 bridgehead atoms. The van der Waals surface area contributed by atoms with Crippen LogP contribution in [0.15, 0.2) is 53.7 Å². The number of fused-ring (bicyclic) bond motifs is 1. The SMILES string of the molecule is C[C@H]1CC(=O)Nc2ccccc2N1C(=O)CSc1nnc(-c2ccccc2F)n1N. The molecule has 0 unspecified atom stereocenters. The normalized spacial score (nSPS) is 16.0. The minimum atomic E-state index is -0.462. The van der Waals surface area contributed by atoms with Crippen LogP contribution in [0.5, 0.6) is 0 Å². The Balaban J connectivity index is 1.54. The number of benzene rings is 2. The van der Waals surface area contributed by atoms with E-state index in [4.69, 9.17) is 5.84 Å². The summed E-state index contributed by atoms with van der Waals surface area (Å²) in [6.07, 6.45) is 0.190. The zero-order chi connectivity index (χ0) is 21.3. The van der Waals surface area contributed by atoms with Crippen molar-refractivity contribution in [3.8, 4) is 11.4 Å². The fraction of sp³-hybridized carbons (Fsp3) is 0.200. The van der Waals surface area contributed by atoms with Gasteiger partial charge in [-0.3, -0.25) is 9.59 Å². The molecule has 0 saturated carbocycles. The Morgan fingerprint density at radius 3 is 2.77 bits per heavy atom. The van der Waals surface area contributed by atoms with Crippen molar-refractivity contribution in [3.63, 3.8) is 0 Å². The summed E-state index contributed by atoms with van der Waals surface area (Å²) < 4.78 is 15.2. The van der Waals surface area contributed by atoms with E-state index in [1.807, 2.05) is 13.0 Å². The van der Waals surface area contributed by atoms with E-state index in [9.17, 15) is 14.0 Å². The maximum atomic E-state index is 14.0. The summed E-state index contributed by atoms with van der Waals surface area (Å²) in [7, 11) is 0. The molecule has 4 rings (SSSR count). The highest BCUT2D eigenvalue weighted by Gasteiger charge is 2.29. The largest absolute Gasteiger partial charge is 0.335 e. The molecule has 8 nitrogen and oxygen atoms in total. The maximum absolute atomic E-state index is 14.0. The number of aromatic nitrogens is 3. The highest BCUT2D eigenvalue weighted by molar-refractivity contribution is 7.99. The standard InChI is InChI=1S/C20H19FN6O2S/c1-12-10-17(28)23-15-8-4-5-9-16(15)26(12)18(29)11-30-20-25-24-19(27(20)22)13-6-2-3-7-14(13)21/h2-9,12H,10-11,22H2,1H3,(H,23,28)/t12-/m0/s1. The van der Waals surface area contributed by atoms with E-state index >= 15 is 0 Å². The van der Waals surface area contributed by atoms with E-state index < -0.39 is 5.82 Å². The third-order valence-electron chi connectivity index (χ3n) is 4.73. The number of hydrogen-bond acceptors (Lipinski definition) is 6. The maximum Gasteiger partial charge on any atom is 0.237 e. The molecule has 0 fully saturated rings. The van der Waals surface area contributed by atoms with Crippen LogP contribution in [-0.4, -0.2) is 38.5 Å². The Labute approximate surface area is 176 Å². The summed E-state index contributed by atoms with van der Waals surface area (Å²) in [5.74, 6) is 5.43. The van der Waals surface area contributed by atoms with E-state index in [0.717, 1.165) is 11.8 Å². The molecule has 2 amide bonds. The van der Waals surface area contributed by atoms with Gasteiger partial charge in [0.1, 0.15) is 5.82 Å². The van der Waals surface area contributed by atoms with E-state index in [1.54, 1.807) is 41.3 Å². The van der Waals surface area contributed by atoms with Crippen molar-refractivity contribution < 1.29 is 14.0 Å². The molecule has 0 aliphatic carbocycles. The molecule has 1 aliphatic rings. The van der Waals surface area contributed by atoms with Crippen molar-refractivity contribution in [2.75, 3.05) is 21.8 Å². The second-order valence-corrected chi connectivity index (χ2v) is 7.77. The van der Waals surface area contributed by atoms with Crippen LogP contribution in [0, 0.1) is 5.82 Å². The first-order valence-corrected chi connectivity index (χ1v) is 10.2. The number of hydrogen-bond donors (Lipinski definition) is 2. The van der Waals surface area contributed by atoms with Crippen molar-refractivity contribution in [3.05, 3.63) is 54.3 Å². The van der Waals surface area contributed by atoms with Crippen molar-refractivity contribution in [1.29, 1.82) is 0 Å². The fourth-order valence-electron chi connectivity index (χ4n) is 3.37. The molecule has 1 atom stereocenters. The Bertz CT molecular complexity index is 1120. The number of nitrogens with one attached hydrogen (secondary N) is 1. The minimum absolute atomic E-state index is 0.0273. The Hall–Kier alpha value is -3.40. The zero-order valence-electron chi connectivity index (χ0n) is 16.1. The predicted octanol–water partition coefficient (Wildman–Crippen LogP) is 2.65. The van der Waals surface area contributed by atoms with Crippen molar-refractivity contribution >= 4 is 35.0 Å². The second kappa shape index (κ2) is 8.15. The van der Waals surface area contributed by atoms with Gasteiger partial charge in [0.2, 0.25) is 17.0 Å². The Morgan fingerprint density at radius 1 is 1.23 bits per heavy atom. The van der Waals surface area contributed by atoms with Crippen LogP contribution in [0.25, 0.3) is 11.4 Å². The Morgan fingerprint density at radius 2 is 1.97 bits per heavy atom. The van der Waals surface area contributed by atoms with Crippen molar-refractivity contribution in [2.45, 2.75) is 24.5 Å². The number of nitrogens with zero attached hydrogens (tertiary/aromatic N) is 4. The van der Waals surface area contributed by atoms with Crippen LogP contribution in [0.4, 0.5) is 15.8 Å². The molecule has 30 heavy (non-hydrogen) atoms. The first kappa shape index (κ1) is 19.9. The van der Waals surface area contributed by atoms with Crippen LogP contribution in [-0.2, 0) is 9.59 Å². The smallest absolute Gasteiger partial charge is 0.237 e. The summed E-state index contributed by atoms with van der Waals surface area (Å²) >= 11 is 1.10. The fourth-order valence-corrected chi connectivity index (χ4v) is 4.08.